The van der Waals surface area contributed by atoms with Crippen molar-refractivity contribution >= 4 is 51.7 Å². The van der Waals surface area contributed by atoms with Crippen LogP contribution in [0, 0.1) is 5.92 Å². The summed E-state index contributed by atoms with van der Waals surface area (Å²) in [5.74, 6) is 0.164. The Morgan fingerprint density at radius 3 is 2.66 bits per heavy atom. The molecule has 202 valence electrons. The van der Waals surface area contributed by atoms with Gasteiger partial charge in [-0.1, -0.05) is 61.7 Å². The first kappa shape index (κ1) is 27.0. The minimum atomic E-state index is -0.349. The van der Waals surface area contributed by atoms with Crippen molar-refractivity contribution < 1.29 is 14.0 Å². The van der Waals surface area contributed by atoms with Crippen molar-refractivity contribution in [2.24, 2.45) is 11.7 Å². The minimum absolute atomic E-state index is 0.0436. The van der Waals surface area contributed by atoms with Gasteiger partial charge in [-0.2, -0.15) is 0 Å². The van der Waals surface area contributed by atoms with Crippen LogP contribution < -0.4 is 11.1 Å². The van der Waals surface area contributed by atoms with Crippen LogP contribution in [-0.2, 0) is 11.2 Å². The highest BCUT2D eigenvalue weighted by Gasteiger charge is 2.40. The first-order valence-electron chi connectivity index (χ1n) is 13.3. The lowest BCUT2D eigenvalue weighted by molar-refractivity contribution is -0.131. The molecule has 0 spiro atoms. The van der Waals surface area contributed by atoms with Gasteiger partial charge in [-0.05, 0) is 42.5 Å². The molecule has 38 heavy (non-hydrogen) atoms. The number of hydrogen-bond acceptors (Lipinski definition) is 5. The van der Waals surface area contributed by atoms with E-state index in [0.29, 0.717) is 56.3 Å². The van der Waals surface area contributed by atoms with E-state index in [1.165, 1.54) is 6.26 Å². The summed E-state index contributed by atoms with van der Waals surface area (Å²) in [4.78, 5) is 30.9. The highest BCUT2D eigenvalue weighted by molar-refractivity contribution is 6.36. The summed E-state index contributed by atoms with van der Waals surface area (Å²) < 4.78 is 5.48. The number of para-hydroxylation sites is 1. The lowest BCUT2D eigenvalue weighted by Crippen LogP contribution is -2.40. The van der Waals surface area contributed by atoms with Crippen LogP contribution in [0.25, 0.3) is 11.0 Å². The molecule has 2 saturated heterocycles. The van der Waals surface area contributed by atoms with E-state index in [-0.39, 0.29) is 30.3 Å². The van der Waals surface area contributed by atoms with Gasteiger partial charge in [0.05, 0.1) is 22.7 Å². The van der Waals surface area contributed by atoms with Crippen molar-refractivity contribution in [3.8, 4) is 0 Å². The van der Waals surface area contributed by atoms with E-state index in [4.69, 9.17) is 33.4 Å². The Morgan fingerprint density at radius 2 is 1.92 bits per heavy atom. The summed E-state index contributed by atoms with van der Waals surface area (Å²) in [5, 5.41) is 4.24. The summed E-state index contributed by atoms with van der Waals surface area (Å²) in [5.41, 5.74) is 8.33. The lowest BCUT2D eigenvalue weighted by atomic mass is 10.1. The number of hydrogen-bond donors (Lipinski definition) is 2. The number of anilines is 1. The minimum Gasteiger partial charge on any atom is -0.463 e. The number of rotatable bonds is 7. The zero-order chi connectivity index (χ0) is 27.0. The second-order valence-electron chi connectivity index (χ2n) is 10.7. The number of benzene rings is 2. The smallest absolute Gasteiger partial charge is 0.259 e. The third-order valence-electron chi connectivity index (χ3n) is 8.00. The summed E-state index contributed by atoms with van der Waals surface area (Å²) in [6.45, 7) is 6.92. The van der Waals surface area contributed by atoms with Crippen LogP contribution in [0.5, 0.6) is 0 Å². The highest BCUT2D eigenvalue weighted by atomic mass is 35.5. The Kier molecular flexibility index (Phi) is 8.00. The van der Waals surface area contributed by atoms with Gasteiger partial charge in [-0.3, -0.25) is 14.5 Å². The molecule has 1 aromatic heterocycles. The number of likely N-dealkylation sites (tertiary alicyclic amines) is 2. The number of fused-ring (bicyclic) bond motifs is 1. The summed E-state index contributed by atoms with van der Waals surface area (Å²) in [6.07, 6.45) is 4.54. The number of carbonyl (C=O) groups excluding carboxylic acids is 2. The van der Waals surface area contributed by atoms with E-state index >= 15 is 0 Å². The predicted molar refractivity (Wildman–Crippen MR) is 152 cm³/mol. The molecule has 2 aliphatic rings. The van der Waals surface area contributed by atoms with Crippen molar-refractivity contribution in [1.82, 2.24) is 9.80 Å². The predicted octanol–water partition coefficient (Wildman–Crippen LogP) is 5.58. The van der Waals surface area contributed by atoms with Gasteiger partial charge in [0.25, 0.3) is 5.91 Å². The first-order valence-corrected chi connectivity index (χ1v) is 14.0. The van der Waals surface area contributed by atoms with E-state index in [2.05, 4.69) is 24.1 Å². The van der Waals surface area contributed by atoms with Gasteiger partial charge in [0, 0.05) is 48.2 Å². The molecule has 3 aromatic rings. The van der Waals surface area contributed by atoms with Gasteiger partial charge < -0.3 is 20.4 Å². The molecule has 3 heterocycles. The van der Waals surface area contributed by atoms with Gasteiger partial charge in [-0.25, -0.2) is 0 Å². The van der Waals surface area contributed by atoms with E-state index in [0.717, 1.165) is 32.4 Å². The van der Waals surface area contributed by atoms with Crippen molar-refractivity contribution in [2.45, 2.75) is 57.7 Å². The molecule has 4 atom stereocenters. The average Bonchev–Trinajstić information content (AvgIpc) is 3.59. The van der Waals surface area contributed by atoms with Crippen LogP contribution in [0.3, 0.4) is 0 Å². The fourth-order valence-electron chi connectivity index (χ4n) is 5.82. The largest absolute Gasteiger partial charge is 0.463 e. The van der Waals surface area contributed by atoms with Crippen LogP contribution in [0.15, 0.2) is 47.1 Å². The first-order chi connectivity index (χ1) is 18.2. The molecular formula is C29H34Cl2N4O3. The molecule has 3 N–H and O–H groups in total. The lowest BCUT2D eigenvalue weighted by Gasteiger charge is -2.25. The quantitative estimate of drug-likeness (QED) is 0.396. The van der Waals surface area contributed by atoms with E-state index in [1.54, 1.807) is 18.2 Å². The molecule has 9 heteroatoms. The maximum absolute atomic E-state index is 13.5. The molecule has 2 fully saturated rings. The van der Waals surface area contributed by atoms with Crippen LogP contribution >= 0.6 is 23.2 Å². The summed E-state index contributed by atoms with van der Waals surface area (Å²) in [7, 11) is 0. The molecule has 2 aromatic carbocycles. The summed E-state index contributed by atoms with van der Waals surface area (Å²) >= 11 is 13.1. The van der Waals surface area contributed by atoms with Gasteiger partial charge >= 0.3 is 0 Å². The standard InChI is InChI=1S/C29H34Cl2N4O3/c1-3-6-19-11-20(34-13-17(2)25(32)15-34)14-35(19)28(36)10-18-9-24(31)26(12-23(18)30)33-29(37)22-16-38-27-8-5-4-7-21(22)27/h4-5,7-9,12,16-17,19-20,25H,3,6,10-11,13-15,32H2,1-2H3,(H,33,37)/t17-,19?,20?,25?/m1/s1. The molecule has 2 amide bonds. The molecule has 0 aliphatic carbocycles. The topological polar surface area (TPSA) is 91.8 Å². The second-order valence-corrected chi connectivity index (χ2v) is 11.5. The highest BCUT2D eigenvalue weighted by Crippen LogP contribution is 2.33. The third-order valence-corrected chi connectivity index (χ3v) is 8.67. The Labute approximate surface area is 233 Å². The molecule has 5 rings (SSSR count). The SMILES string of the molecule is CCCC1CC(N2CC(N)[C@H](C)C2)CN1C(=O)Cc1cc(Cl)c(NC(=O)c2coc3ccccc23)cc1Cl. The van der Waals surface area contributed by atoms with Crippen molar-refractivity contribution in [3.05, 3.63) is 63.8 Å². The molecular weight excluding hydrogens is 523 g/mol. The average molecular weight is 558 g/mol. The van der Waals surface area contributed by atoms with E-state index in [9.17, 15) is 9.59 Å². The Hall–Kier alpha value is -2.58. The van der Waals surface area contributed by atoms with Gasteiger partial charge in [0.1, 0.15) is 11.8 Å². The fourth-order valence-corrected chi connectivity index (χ4v) is 6.29. The third kappa shape index (κ3) is 5.43. The van der Waals surface area contributed by atoms with Gasteiger partial charge in [0.2, 0.25) is 5.91 Å². The molecule has 3 unspecified atom stereocenters. The van der Waals surface area contributed by atoms with E-state index in [1.807, 2.05) is 23.1 Å². The fraction of sp³-hybridized carbons (Fsp3) is 0.448. The number of halogens is 2. The van der Waals surface area contributed by atoms with Crippen LogP contribution in [0.1, 0.15) is 49.0 Å². The van der Waals surface area contributed by atoms with Crippen molar-refractivity contribution in [3.63, 3.8) is 0 Å². The number of nitrogens with one attached hydrogen (secondary N) is 1. The zero-order valence-corrected chi connectivity index (χ0v) is 23.3. The zero-order valence-electron chi connectivity index (χ0n) is 21.8. The summed E-state index contributed by atoms with van der Waals surface area (Å²) in [6, 6.07) is 11.3. The van der Waals surface area contributed by atoms with Crippen LogP contribution in [0.2, 0.25) is 10.0 Å². The number of carbonyl (C=O) groups is 2. The normalized spacial score (nSPS) is 23.9. The molecule has 0 radical (unpaired) electrons. The number of nitrogens with zero attached hydrogens (tertiary/aromatic N) is 2. The van der Waals surface area contributed by atoms with Crippen molar-refractivity contribution in [2.75, 3.05) is 25.0 Å². The number of amides is 2. The van der Waals surface area contributed by atoms with E-state index < -0.39 is 0 Å². The molecule has 7 nitrogen and oxygen atoms in total. The monoisotopic (exact) mass is 556 g/mol. The molecule has 0 bridgehead atoms. The molecule has 0 saturated carbocycles. The maximum Gasteiger partial charge on any atom is 0.259 e. The number of furan rings is 1. The van der Waals surface area contributed by atoms with Gasteiger partial charge in [0.15, 0.2) is 0 Å². The second kappa shape index (κ2) is 11.3. The van der Waals surface area contributed by atoms with Crippen LogP contribution in [-0.4, -0.2) is 59.4 Å². The van der Waals surface area contributed by atoms with Gasteiger partial charge in [-0.15, -0.1) is 0 Å². The van der Waals surface area contributed by atoms with Crippen molar-refractivity contribution in [1.29, 1.82) is 0 Å². The number of nitrogens with two attached hydrogens (primary N) is 1. The Bertz CT molecular complexity index is 1330. The Morgan fingerprint density at radius 1 is 1.13 bits per heavy atom. The molecule has 2 aliphatic heterocycles. The Balaban J connectivity index is 1.28. The maximum atomic E-state index is 13.5. The van der Waals surface area contributed by atoms with Crippen LogP contribution in [0.4, 0.5) is 5.69 Å².